The Balaban J connectivity index is 2.09. The number of H-pyrrole nitrogens is 1. The van der Waals surface area contributed by atoms with Gasteiger partial charge in [0.15, 0.2) is 5.52 Å². The number of pyridine rings is 1. The number of aromatic nitrogens is 3. The summed E-state index contributed by atoms with van der Waals surface area (Å²) in [5.41, 5.74) is 1.01. The van der Waals surface area contributed by atoms with Gasteiger partial charge in [-0.2, -0.15) is 0 Å². The number of hydrogen-bond acceptors (Lipinski definition) is 5. The highest BCUT2D eigenvalue weighted by Crippen LogP contribution is 2.19. The molecule has 0 bridgehead atoms. The number of nitrogens with one attached hydrogen (secondary N) is 1. The second-order valence-electron chi connectivity index (χ2n) is 4.71. The van der Waals surface area contributed by atoms with Crippen LogP contribution in [0.3, 0.4) is 0 Å². The quantitative estimate of drug-likeness (QED) is 0.750. The molecule has 0 aliphatic heterocycles. The van der Waals surface area contributed by atoms with Gasteiger partial charge in [-0.1, -0.05) is 0 Å². The fourth-order valence-corrected chi connectivity index (χ4v) is 2.10. The molecule has 2 aromatic heterocycles. The van der Waals surface area contributed by atoms with E-state index in [9.17, 15) is 14.0 Å². The minimum Gasteiger partial charge on any atom is -0.460 e. The molecule has 1 aromatic carbocycles. The molecule has 0 aliphatic rings. The van der Waals surface area contributed by atoms with E-state index in [0.29, 0.717) is 11.3 Å². The molecule has 2 heterocycles. The van der Waals surface area contributed by atoms with Crippen LogP contribution >= 0.6 is 0 Å². The summed E-state index contributed by atoms with van der Waals surface area (Å²) in [6.45, 7) is 1.84. The van der Waals surface area contributed by atoms with E-state index >= 15 is 0 Å². The van der Waals surface area contributed by atoms with Crippen molar-refractivity contribution in [3.63, 3.8) is 0 Å². The third kappa shape index (κ3) is 2.94. The summed E-state index contributed by atoms with van der Waals surface area (Å²) >= 11 is 0. The van der Waals surface area contributed by atoms with Gasteiger partial charge in [-0.25, -0.2) is 19.2 Å². The van der Waals surface area contributed by atoms with Crippen molar-refractivity contribution < 1.29 is 13.9 Å². The molecule has 0 amide bonds. The van der Waals surface area contributed by atoms with Crippen molar-refractivity contribution >= 4 is 17.0 Å². The van der Waals surface area contributed by atoms with E-state index in [-0.39, 0.29) is 29.3 Å². The predicted octanol–water partition coefficient (Wildman–Crippen LogP) is 2.30. The maximum Gasteiger partial charge on any atom is 0.374 e. The monoisotopic (exact) mass is 313 g/mol. The van der Waals surface area contributed by atoms with Crippen LogP contribution in [0.2, 0.25) is 0 Å². The Kier molecular flexibility index (Phi) is 3.84. The molecule has 0 aliphatic carbocycles. The summed E-state index contributed by atoms with van der Waals surface area (Å²) in [6, 6.07) is 8.99. The highest BCUT2D eigenvalue weighted by atomic mass is 19.1. The first kappa shape index (κ1) is 14.8. The van der Waals surface area contributed by atoms with Gasteiger partial charge in [-0.15, -0.1) is 0 Å². The van der Waals surface area contributed by atoms with Crippen molar-refractivity contribution in [3.05, 3.63) is 58.4 Å². The average Bonchev–Trinajstić information content (AvgIpc) is 2.55. The van der Waals surface area contributed by atoms with Crippen molar-refractivity contribution in [2.24, 2.45) is 0 Å². The Labute approximate surface area is 130 Å². The molecule has 0 spiro atoms. The van der Waals surface area contributed by atoms with Gasteiger partial charge in [0.25, 0.3) is 5.56 Å². The van der Waals surface area contributed by atoms with E-state index in [1.54, 1.807) is 31.2 Å². The largest absolute Gasteiger partial charge is 0.460 e. The zero-order valence-corrected chi connectivity index (χ0v) is 12.2. The number of hydrogen-bond donors (Lipinski definition) is 1. The molecule has 116 valence electrons. The molecule has 0 atom stereocenters. The van der Waals surface area contributed by atoms with Crippen molar-refractivity contribution in [2.75, 3.05) is 6.61 Å². The van der Waals surface area contributed by atoms with Crippen LogP contribution in [-0.4, -0.2) is 27.5 Å². The minimum absolute atomic E-state index is 0.0971. The third-order valence-electron chi connectivity index (χ3n) is 3.16. The lowest BCUT2D eigenvalue weighted by atomic mass is 10.1. The number of halogens is 1. The van der Waals surface area contributed by atoms with E-state index in [1.807, 2.05) is 0 Å². The van der Waals surface area contributed by atoms with Crippen LogP contribution in [0, 0.1) is 5.82 Å². The van der Waals surface area contributed by atoms with Crippen molar-refractivity contribution in [3.8, 4) is 11.3 Å². The highest BCUT2D eigenvalue weighted by molar-refractivity contribution is 5.88. The molecule has 23 heavy (non-hydrogen) atoms. The maximum absolute atomic E-state index is 13.0. The smallest absolute Gasteiger partial charge is 0.374 e. The van der Waals surface area contributed by atoms with Gasteiger partial charge in [0.1, 0.15) is 5.82 Å². The Morgan fingerprint density at radius 1 is 1.17 bits per heavy atom. The number of esters is 1. The van der Waals surface area contributed by atoms with E-state index in [0.717, 1.165) is 0 Å². The number of nitrogens with zero attached hydrogens (tertiary/aromatic N) is 2. The molecule has 0 fully saturated rings. The maximum atomic E-state index is 13.0. The van der Waals surface area contributed by atoms with Crippen LogP contribution in [0.1, 0.15) is 17.5 Å². The first-order valence-corrected chi connectivity index (χ1v) is 6.92. The van der Waals surface area contributed by atoms with Crippen LogP contribution in [-0.2, 0) is 4.74 Å². The molecule has 1 N–H and O–H groups in total. The molecule has 0 saturated carbocycles. The fourth-order valence-electron chi connectivity index (χ4n) is 2.10. The summed E-state index contributed by atoms with van der Waals surface area (Å²) < 4.78 is 17.8. The SMILES string of the molecule is CCOC(=O)c1nc2ccc(-c3ccc(F)cc3)nc2c(=O)[nH]1. The predicted molar refractivity (Wildman–Crippen MR) is 81.5 cm³/mol. The van der Waals surface area contributed by atoms with E-state index in [1.165, 1.54) is 12.1 Å². The van der Waals surface area contributed by atoms with Gasteiger partial charge in [-0.05, 0) is 43.3 Å². The number of rotatable bonds is 3. The van der Waals surface area contributed by atoms with Crippen LogP contribution in [0.4, 0.5) is 4.39 Å². The fraction of sp³-hybridized carbons (Fsp3) is 0.125. The lowest BCUT2D eigenvalue weighted by Crippen LogP contribution is -2.18. The van der Waals surface area contributed by atoms with Gasteiger partial charge >= 0.3 is 5.97 Å². The van der Waals surface area contributed by atoms with Gasteiger partial charge < -0.3 is 4.74 Å². The Bertz CT molecular complexity index is 935. The van der Waals surface area contributed by atoms with E-state index < -0.39 is 11.5 Å². The molecule has 6 nitrogen and oxygen atoms in total. The number of benzene rings is 1. The minimum atomic E-state index is -0.700. The number of fused-ring (bicyclic) bond motifs is 1. The van der Waals surface area contributed by atoms with Crippen LogP contribution in [0.5, 0.6) is 0 Å². The summed E-state index contributed by atoms with van der Waals surface area (Å²) in [5, 5.41) is 0. The summed E-state index contributed by atoms with van der Waals surface area (Å²) in [5.74, 6) is -1.22. The number of aromatic amines is 1. The number of carbonyl (C=O) groups is 1. The molecule has 7 heteroatoms. The Morgan fingerprint density at radius 2 is 1.91 bits per heavy atom. The Hall–Kier alpha value is -3.09. The zero-order chi connectivity index (χ0) is 16.4. The molecule has 0 unspecified atom stereocenters. The Morgan fingerprint density at radius 3 is 2.61 bits per heavy atom. The molecule has 0 saturated heterocycles. The van der Waals surface area contributed by atoms with Crippen LogP contribution < -0.4 is 5.56 Å². The summed E-state index contributed by atoms with van der Waals surface area (Å²) in [4.78, 5) is 34.4. The zero-order valence-electron chi connectivity index (χ0n) is 12.2. The first-order chi connectivity index (χ1) is 11.1. The first-order valence-electron chi connectivity index (χ1n) is 6.92. The second-order valence-corrected chi connectivity index (χ2v) is 4.71. The molecular formula is C16H12FN3O3. The molecule has 0 radical (unpaired) electrons. The third-order valence-corrected chi connectivity index (χ3v) is 3.16. The summed E-state index contributed by atoms with van der Waals surface area (Å²) in [7, 11) is 0. The van der Waals surface area contributed by atoms with Gasteiger partial charge in [-0.3, -0.25) is 9.78 Å². The van der Waals surface area contributed by atoms with Crippen molar-refractivity contribution in [1.82, 2.24) is 15.0 Å². The van der Waals surface area contributed by atoms with Crippen molar-refractivity contribution in [2.45, 2.75) is 6.92 Å². The molecular weight excluding hydrogens is 301 g/mol. The van der Waals surface area contributed by atoms with Gasteiger partial charge in [0, 0.05) is 5.56 Å². The number of ether oxygens (including phenoxy) is 1. The lowest BCUT2D eigenvalue weighted by Gasteiger charge is -2.04. The second kappa shape index (κ2) is 5.96. The highest BCUT2D eigenvalue weighted by Gasteiger charge is 2.13. The van der Waals surface area contributed by atoms with Crippen molar-refractivity contribution in [1.29, 1.82) is 0 Å². The molecule has 3 rings (SSSR count). The topological polar surface area (TPSA) is 84.9 Å². The lowest BCUT2D eigenvalue weighted by molar-refractivity contribution is 0.0512. The van der Waals surface area contributed by atoms with E-state index in [4.69, 9.17) is 4.74 Å². The molecule has 3 aromatic rings. The number of carbonyl (C=O) groups excluding carboxylic acids is 1. The standard InChI is InChI=1S/C16H12FN3O3/c1-2-23-16(22)14-19-12-8-7-11(18-13(12)15(21)20-14)9-3-5-10(17)6-4-9/h3-8H,2H2,1H3,(H,19,20,21). The summed E-state index contributed by atoms with van der Waals surface area (Å²) in [6.07, 6.45) is 0. The van der Waals surface area contributed by atoms with E-state index in [2.05, 4.69) is 15.0 Å². The normalized spacial score (nSPS) is 10.7. The van der Waals surface area contributed by atoms with Crippen LogP contribution in [0.25, 0.3) is 22.3 Å². The average molecular weight is 313 g/mol. The van der Waals surface area contributed by atoms with Gasteiger partial charge in [0.2, 0.25) is 5.82 Å². The van der Waals surface area contributed by atoms with Gasteiger partial charge in [0.05, 0.1) is 17.8 Å². The van der Waals surface area contributed by atoms with Crippen LogP contribution in [0.15, 0.2) is 41.2 Å².